The SMILES string of the molecule is [CH]CC(=O)NC(CO[C@@H]1OC(CO)[C@H](O)[C@H](O)C1O)C(O)CCC. The van der Waals surface area contributed by atoms with Gasteiger partial charge in [0.2, 0.25) is 5.91 Å². The Labute approximate surface area is 141 Å². The third kappa shape index (κ3) is 5.62. The number of carbonyl (C=O) groups is 1. The molecule has 2 radical (unpaired) electrons. The van der Waals surface area contributed by atoms with Crippen molar-refractivity contribution in [3.05, 3.63) is 6.92 Å². The Morgan fingerprint density at radius 3 is 2.50 bits per heavy atom. The van der Waals surface area contributed by atoms with Crippen molar-refractivity contribution in [2.75, 3.05) is 13.2 Å². The second kappa shape index (κ2) is 10.2. The highest BCUT2D eigenvalue weighted by molar-refractivity contribution is 5.76. The fraction of sp³-hybridized carbons (Fsp3) is 0.867. The van der Waals surface area contributed by atoms with Gasteiger partial charge in [0.25, 0.3) is 0 Å². The number of carbonyl (C=O) groups excluding carboxylic acids is 1. The maximum Gasteiger partial charge on any atom is 0.220 e. The number of rotatable bonds is 9. The topological polar surface area (TPSA) is 149 Å². The molecule has 1 amide bonds. The van der Waals surface area contributed by atoms with Crippen LogP contribution in [0.3, 0.4) is 0 Å². The molecule has 1 fully saturated rings. The normalized spacial score (nSPS) is 33.0. The summed E-state index contributed by atoms with van der Waals surface area (Å²) in [6.45, 7) is 6.32. The summed E-state index contributed by atoms with van der Waals surface area (Å²) in [5.41, 5.74) is 0. The Kier molecular flexibility index (Phi) is 9.06. The van der Waals surface area contributed by atoms with Gasteiger partial charge in [0.15, 0.2) is 6.29 Å². The summed E-state index contributed by atoms with van der Waals surface area (Å²) in [6, 6.07) is -0.784. The highest BCUT2D eigenvalue weighted by atomic mass is 16.7. The van der Waals surface area contributed by atoms with E-state index in [1.807, 2.05) is 6.92 Å². The van der Waals surface area contributed by atoms with Gasteiger partial charge in [0, 0.05) is 6.42 Å². The van der Waals surface area contributed by atoms with Crippen LogP contribution in [0.5, 0.6) is 0 Å². The van der Waals surface area contributed by atoms with Gasteiger partial charge in [-0.05, 0) is 13.3 Å². The van der Waals surface area contributed by atoms with Crippen molar-refractivity contribution in [2.24, 2.45) is 0 Å². The molecule has 0 aliphatic carbocycles. The van der Waals surface area contributed by atoms with Gasteiger partial charge in [-0.3, -0.25) is 4.79 Å². The van der Waals surface area contributed by atoms with E-state index in [1.165, 1.54) is 0 Å². The molecule has 0 spiro atoms. The molecule has 140 valence electrons. The second-order valence-corrected chi connectivity index (χ2v) is 5.76. The summed E-state index contributed by atoms with van der Waals surface area (Å²) in [5.74, 6) is -0.479. The zero-order valence-corrected chi connectivity index (χ0v) is 13.6. The minimum absolute atomic E-state index is 0.213. The molecule has 6 N–H and O–H groups in total. The maximum absolute atomic E-state index is 11.5. The van der Waals surface area contributed by atoms with Crippen LogP contribution in [0.25, 0.3) is 0 Å². The van der Waals surface area contributed by atoms with E-state index in [1.54, 1.807) is 0 Å². The zero-order chi connectivity index (χ0) is 18.3. The van der Waals surface area contributed by atoms with Crippen LogP contribution in [0.2, 0.25) is 0 Å². The van der Waals surface area contributed by atoms with E-state index >= 15 is 0 Å². The predicted octanol–water partition coefficient (Wildman–Crippen LogP) is -2.45. The molecule has 0 saturated carbocycles. The minimum Gasteiger partial charge on any atom is -0.394 e. The first-order chi connectivity index (χ1) is 11.3. The lowest BCUT2D eigenvalue weighted by atomic mass is 9.99. The van der Waals surface area contributed by atoms with Gasteiger partial charge in [-0.25, -0.2) is 0 Å². The first-order valence-electron chi connectivity index (χ1n) is 7.95. The standard InChI is InChI=1S/C15H27NO8/c1-3-5-9(18)8(16-11(19)4-2)7-23-15-14(22)13(21)12(20)10(6-17)24-15/h2,8-10,12-15,17-18,20-22H,3-7H2,1H3,(H,16,19)/t8?,9?,10?,12-,13-,14?,15+/m0/s1. The molecule has 1 saturated heterocycles. The number of nitrogens with one attached hydrogen (secondary N) is 1. The molecule has 9 nitrogen and oxygen atoms in total. The molecule has 0 bridgehead atoms. The van der Waals surface area contributed by atoms with Gasteiger partial charge in [0.05, 0.1) is 25.4 Å². The van der Waals surface area contributed by atoms with Crippen molar-refractivity contribution >= 4 is 5.91 Å². The monoisotopic (exact) mass is 349 g/mol. The molecule has 1 heterocycles. The summed E-state index contributed by atoms with van der Waals surface area (Å²) in [6.07, 6.45) is -7.06. The van der Waals surface area contributed by atoms with Crippen LogP contribution in [-0.4, -0.2) is 87.5 Å². The van der Waals surface area contributed by atoms with E-state index in [2.05, 4.69) is 5.32 Å². The summed E-state index contributed by atoms with van der Waals surface area (Å²) in [5, 5.41) is 51.0. The first-order valence-corrected chi connectivity index (χ1v) is 7.95. The molecular weight excluding hydrogens is 322 g/mol. The number of amides is 1. The Morgan fingerprint density at radius 1 is 1.29 bits per heavy atom. The van der Waals surface area contributed by atoms with E-state index in [0.29, 0.717) is 12.8 Å². The third-order valence-electron chi connectivity index (χ3n) is 3.87. The zero-order valence-electron chi connectivity index (χ0n) is 13.6. The number of aliphatic hydroxyl groups excluding tert-OH is 5. The van der Waals surface area contributed by atoms with Crippen LogP contribution in [-0.2, 0) is 14.3 Å². The fourth-order valence-electron chi connectivity index (χ4n) is 2.42. The van der Waals surface area contributed by atoms with Gasteiger partial charge in [-0.15, -0.1) is 0 Å². The summed E-state index contributed by atoms with van der Waals surface area (Å²) in [7, 11) is 0. The van der Waals surface area contributed by atoms with Crippen LogP contribution in [0, 0.1) is 6.92 Å². The fourth-order valence-corrected chi connectivity index (χ4v) is 2.42. The molecule has 1 aliphatic rings. The Balaban J connectivity index is 2.68. The summed E-state index contributed by atoms with van der Waals surface area (Å²) >= 11 is 0. The molecule has 1 rings (SSSR count). The Hall–Kier alpha value is -0.810. The Bertz CT molecular complexity index is 380. The lowest BCUT2D eigenvalue weighted by molar-refractivity contribution is -0.302. The van der Waals surface area contributed by atoms with Crippen LogP contribution in [0.4, 0.5) is 0 Å². The lowest BCUT2D eigenvalue weighted by Gasteiger charge is -2.40. The highest BCUT2D eigenvalue weighted by Gasteiger charge is 2.44. The van der Waals surface area contributed by atoms with Crippen LogP contribution < -0.4 is 5.32 Å². The van der Waals surface area contributed by atoms with Gasteiger partial charge in [-0.2, -0.15) is 0 Å². The van der Waals surface area contributed by atoms with E-state index < -0.39 is 55.4 Å². The van der Waals surface area contributed by atoms with E-state index in [9.17, 15) is 25.2 Å². The van der Waals surface area contributed by atoms with Crippen LogP contribution in [0.1, 0.15) is 26.2 Å². The number of ether oxygens (including phenoxy) is 2. The summed E-state index contributed by atoms with van der Waals surface area (Å²) in [4.78, 5) is 11.5. The van der Waals surface area contributed by atoms with Crippen LogP contribution >= 0.6 is 0 Å². The first kappa shape index (κ1) is 21.2. The van der Waals surface area contributed by atoms with Crippen molar-refractivity contribution in [3.8, 4) is 0 Å². The molecular formula is C15H27NO8. The number of aliphatic hydroxyl groups is 5. The number of hydrogen-bond donors (Lipinski definition) is 6. The predicted molar refractivity (Wildman–Crippen MR) is 81.5 cm³/mol. The molecule has 7 atom stereocenters. The molecule has 4 unspecified atom stereocenters. The quantitative estimate of drug-likeness (QED) is 0.269. The largest absolute Gasteiger partial charge is 0.394 e. The second-order valence-electron chi connectivity index (χ2n) is 5.76. The van der Waals surface area contributed by atoms with Gasteiger partial charge >= 0.3 is 0 Å². The molecule has 0 aromatic heterocycles. The molecule has 24 heavy (non-hydrogen) atoms. The van der Waals surface area contributed by atoms with E-state index in [0.717, 1.165) is 0 Å². The molecule has 0 aromatic rings. The van der Waals surface area contributed by atoms with Crippen molar-refractivity contribution in [1.29, 1.82) is 0 Å². The van der Waals surface area contributed by atoms with E-state index in [-0.39, 0.29) is 13.0 Å². The van der Waals surface area contributed by atoms with Crippen molar-refractivity contribution < 1.29 is 39.8 Å². The highest BCUT2D eigenvalue weighted by Crippen LogP contribution is 2.22. The maximum atomic E-state index is 11.5. The van der Waals surface area contributed by atoms with Crippen molar-refractivity contribution in [2.45, 2.75) is 69.0 Å². The molecule has 9 heteroatoms. The summed E-state index contributed by atoms with van der Waals surface area (Å²) < 4.78 is 10.6. The minimum atomic E-state index is -1.56. The van der Waals surface area contributed by atoms with Crippen molar-refractivity contribution in [3.63, 3.8) is 0 Å². The van der Waals surface area contributed by atoms with Gasteiger partial charge < -0.3 is 40.3 Å². The van der Waals surface area contributed by atoms with Crippen LogP contribution in [0.15, 0.2) is 0 Å². The average molecular weight is 349 g/mol. The average Bonchev–Trinajstić information content (AvgIpc) is 2.57. The lowest BCUT2D eigenvalue weighted by Crippen LogP contribution is -2.60. The smallest absolute Gasteiger partial charge is 0.220 e. The number of hydrogen-bond acceptors (Lipinski definition) is 8. The van der Waals surface area contributed by atoms with Gasteiger partial charge in [0.1, 0.15) is 24.4 Å². The molecule has 1 aliphatic heterocycles. The third-order valence-corrected chi connectivity index (χ3v) is 3.87. The van der Waals surface area contributed by atoms with Gasteiger partial charge in [-0.1, -0.05) is 13.3 Å². The molecule has 0 aromatic carbocycles. The van der Waals surface area contributed by atoms with E-state index in [4.69, 9.17) is 21.5 Å². The Morgan fingerprint density at radius 2 is 1.96 bits per heavy atom. The van der Waals surface area contributed by atoms with Crippen molar-refractivity contribution in [1.82, 2.24) is 5.32 Å².